The molecule has 2 amide bonds. The molecule has 1 saturated heterocycles. The van der Waals surface area contributed by atoms with E-state index >= 15 is 0 Å². The number of hydrogen-bond donors (Lipinski definition) is 1. The van der Waals surface area contributed by atoms with Gasteiger partial charge in [0.25, 0.3) is 5.91 Å². The predicted octanol–water partition coefficient (Wildman–Crippen LogP) is 1.23. The molecule has 136 valence electrons. The Labute approximate surface area is 151 Å². The van der Waals surface area contributed by atoms with Crippen molar-refractivity contribution in [3.05, 3.63) is 16.6 Å². The van der Waals surface area contributed by atoms with Crippen molar-refractivity contribution in [2.45, 2.75) is 26.8 Å². The molecule has 0 unspecified atom stereocenters. The fraction of sp³-hybridized carbons (Fsp3) is 0.588. The van der Waals surface area contributed by atoms with Gasteiger partial charge < -0.3 is 10.2 Å². The largest absolute Gasteiger partial charge is 0.353 e. The number of rotatable bonds is 4. The van der Waals surface area contributed by atoms with E-state index in [1.165, 1.54) is 11.3 Å². The summed E-state index contributed by atoms with van der Waals surface area (Å²) in [5.74, 6) is 0.120. The maximum atomic E-state index is 12.8. The first-order chi connectivity index (χ1) is 11.8. The van der Waals surface area contributed by atoms with Crippen LogP contribution in [0.25, 0.3) is 10.2 Å². The van der Waals surface area contributed by atoms with Crippen LogP contribution in [0, 0.1) is 6.92 Å². The van der Waals surface area contributed by atoms with Crippen LogP contribution in [0.1, 0.15) is 29.2 Å². The van der Waals surface area contributed by atoms with E-state index in [9.17, 15) is 9.59 Å². The maximum Gasteiger partial charge on any atom is 0.264 e. The fourth-order valence-electron chi connectivity index (χ4n) is 3.15. The highest BCUT2D eigenvalue weighted by atomic mass is 32.1. The van der Waals surface area contributed by atoms with Gasteiger partial charge in [0.05, 0.1) is 17.1 Å². The summed E-state index contributed by atoms with van der Waals surface area (Å²) in [6.07, 6.45) is 0. The number of hydrogen-bond acceptors (Lipinski definition) is 5. The Hall–Kier alpha value is -1.93. The van der Waals surface area contributed by atoms with Gasteiger partial charge in [0.15, 0.2) is 0 Å². The molecule has 1 aliphatic heterocycles. The van der Waals surface area contributed by atoms with Crippen LogP contribution in [0.3, 0.4) is 0 Å². The highest BCUT2D eigenvalue weighted by Gasteiger charge is 2.25. The van der Waals surface area contributed by atoms with Crippen LogP contribution in [-0.2, 0) is 11.8 Å². The molecule has 2 aromatic heterocycles. The summed E-state index contributed by atoms with van der Waals surface area (Å²) < 4.78 is 1.83. The molecule has 25 heavy (non-hydrogen) atoms. The first-order valence-corrected chi connectivity index (χ1v) is 9.41. The van der Waals surface area contributed by atoms with E-state index in [0.717, 1.165) is 33.9 Å². The molecular weight excluding hydrogens is 338 g/mol. The Morgan fingerprint density at radius 3 is 2.56 bits per heavy atom. The van der Waals surface area contributed by atoms with E-state index in [1.54, 1.807) is 0 Å². The number of nitrogens with one attached hydrogen (secondary N) is 1. The molecule has 2 aromatic rings. The van der Waals surface area contributed by atoms with Crippen molar-refractivity contribution in [2.75, 3.05) is 32.7 Å². The van der Waals surface area contributed by atoms with Crippen molar-refractivity contribution in [1.82, 2.24) is 24.9 Å². The van der Waals surface area contributed by atoms with Crippen molar-refractivity contribution in [1.29, 1.82) is 0 Å². The van der Waals surface area contributed by atoms with Gasteiger partial charge >= 0.3 is 0 Å². The molecule has 7 nitrogen and oxygen atoms in total. The summed E-state index contributed by atoms with van der Waals surface area (Å²) in [7, 11) is 1.90. The van der Waals surface area contributed by atoms with Crippen LogP contribution >= 0.6 is 11.3 Å². The van der Waals surface area contributed by atoms with E-state index in [0.29, 0.717) is 19.6 Å². The number of aryl methyl sites for hydroxylation is 2. The van der Waals surface area contributed by atoms with Gasteiger partial charge in [0, 0.05) is 44.7 Å². The first kappa shape index (κ1) is 17.9. The maximum absolute atomic E-state index is 12.8. The molecule has 8 heteroatoms. The van der Waals surface area contributed by atoms with Gasteiger partial charge in [0.2, 0.25) is 5.91 Å². The van der Waals surface area contributed by atoms with Gasteiger partial charge in [-0.25, -0.2) is 0 Å². The smallest absolute Gasteiger partial charge is 0.264 e. The van der Waals surface area contributed by atoms with Crippen molar-refractivity contribution in [2.24, 2.45) is 7.05 Å². The van der Waals surface area contributed by atoms with Crippen LogP contribution < -0.4 is 5.32 Å². The van der Waals surface area contributed by atoms with Crippen LogP contribution in [0.2, 0.25) is 0 Å². The Morgan fingerprint density at radius 2 is 1.96 bits per heavy atom. The van der Waals surface area contributed by atoms with E-state index < -0.39 is 0 Å². The molecule has 0 radical (unpaired) electrons. The molecule has 3 heterocycles. The van der Waals surface area contributed by atoms with Crippen LogP contribution in [0.15, 0.2) is 6.07 Å². The second-order valence-corrected chi connectivity index (χ2v) is 7.86. The van der Waals surface area contributed by atoms with Crippen molar-refractivity contribution < 1.29 is 9.59 Å². The third-order valence-electron chi connectivity index (χ3n) is 4.38. The molecular formula is C17H25N5O2S. The van der Waals surface area contributed by atoms with Crippen molar-refractivity contribution in [3.8, 4) is 0 Å². The van der Waals surface area contributed by atoms with Crippen molar-refractivity contribution in [3.63, 3.8) is 0 Å². The lowest BCUT2D eigenvalue weighted by atomic mass is 10.2. The quantitative estimate of drug-likeness (QED) is 0.887. The van der Waals surface area contributed by atoms with E-state index in [4.69, 9.17) is 0 Å². The Morgan fingerprint density at radius 1 is 1.28 bits per heavy atom. The molecule has 1 N–H and O–H groups in total. The molecule has 1 fully saturated rings. The number of piperazine rings is 1. The number of nitrogens with zero attached hydrogens (tertiary/aromatic N) is 4. The van der Waals surface area contributed by atoms with Crippen LogP contribution in [-0.4, -0.2) is 70.2 Å². The molecule has 0 aromatic carbocycles. The van der Waals surface area contributed by atoms with Gasteiger partial charge in [0.1, 0.15) is 4.83 Å². The zero-order chi connectivity index (χ0) is 18.1. The predicted molar refractivity (Wildman–Crippen MR) is 99.0 cm³/mol. The molecule has 0 bridgehead atoms. The molecule has 3 rings (SSSR count). The second-order valence-electron chi connectivity index (χ2n) is 6.83. The van der Waals surface area contributed by atoms with Crippen LogP contribution in [0.4, 0.5) is 0 Å². The minimum Gasteiger partial charge on any atom is -0.353 e. The van der Waals surface area contributed by atoms with Crippen molar-refractivity contribution >= 4 is 33.4 Å². The monoisotopic (exact) mass is 363 g/mol. The highest BCUT2D eigenvalue weighted by Crippen LogP contribution is 2.28. The Bertz CT molecular complexity index is 752. The first-order valence-electron chi connectivity index (χ1n) is 8.59. The number of fused-ring (bicyclic) bond motifs is 1. The number of thiophene rings is 1. The molecule has 1 aliphatic rings. The van der Waals surface area contributed by atoms with E-state index in [1.807, 2.05) is 43.5 Å². The lowest BCUT2D eigenvalue weighted by Crippen LogP contribution is -2.51. The number of carbonyl (C=O) groups is 2. The summed E-state index contributed by atoms with van der Waals surface area (Å²) in [5.41, 5.74) is 0.953. The highest BCUT2D eigenvalue weighted by molar-refractivity contribution is 7.20. The van der Waals surface area contributed by atoms with Crippen LogP contribution in [0.5, 0.6) is 0 Å². The number of aromatic nitrogens is 2. The lowest BCUT2D eigenvalue weighted by Gasteiger charge is -2.34. The number of carbonyl (C=O) groups excluding carboxylic acids is 2. The van der Waals surface area contributed by atoms with Gasteiger partial charge in [-0.3, -0.25) is 19.2 Å². The third-order valence-corrected chi connectivity index (χ3v) is 5.57. The van der Waals surface area contributed by atoms with Gasteiger partial charge in [-0.15, -0.1) is 11.3 Å². The third kappa shape index (κ3) is 3.85. The Kier molecular flexibility index (Phi) is 5.10. The second kappa shape index (κ2) is 7.13. The summed E-state index contributed by atoms with van der Waals surface area (Å²) in [5, 5.41) is 8.34. The molecule has 0 aliphatic carbocycles. The zero-order valence-electron chi connectivity index (χ0n) is 15.2. The minimum absolute atomic E-state index is 0.0438. The minimum atomic E-state index is 0.0438. The Balaban J connectivity index is 1.59. The van der Waals surface area contributed by atoms with Gasteiger partial charge in [-0.2, -0.15) is 5.10 Å². The standard InChI is InChI=1S/C17H25N5O2S/c1-11(2)18-15(23)10-21-5-7-22(8-6-21)16(24)14-9-13-12(3)19-20(4)17(13)25-14/h9,11H,5-8,10H2,1-4H3,(H,18,23). The van der Waals surface area contributed by atoms with Gasteiger partial charge in [-0.1, -0.05) is 0 Å². The number of amides is 2. The SMILES string of the molecule is Cc1nn(C)c2sc(C(=O)N3CCN(CC(=O)NC(C)C)CC3)cc12. The molecule has 0 saturated carbocycles. The molecule has 0 atom stereocenters. The zero-order valence-corrected chi connectivity index (χ0v) is 16.0. The average Bonchev–Trinajstić information content (AvgIpc) is 3.09. The fourth-order valence-corrected chi connectivity index (χ4v) is 4.24. The lowest BCUT2D eigenvalue weighted by molar-refractivity contribution is -0.123. The summed E-state index contributed by atoms with van der Waals surface area (Å²) >= 11 is 1.50. The topological polar surface area (TPSA) is 70.5 Å². The molecule has 0 spiro atoms. The summed E-state index contributed by atoms with van der Waals surface area (Å²) in [6.45, 7) is 9.02. The van der Waals surface area contributed by atoms with E-state index in [-0.39, 0.29) is 17.9 Å². The average molecular weight is 363 g/mol. The van der Waals surface area contributed by atoms with Gasteiger partial charge in [-0.05, 0) is 26.8 Å². The summed E-state index contributed by atoms with van der Waals surface area (Å²) in [4.78, 5) is 30.4. The normalized spacial score (nSPS) is 16.0. The summed E-state index contributed by atoms with van der Waals surface area (Å²) in [6, 6.07) is 2.11. The van der Waals surface area contributed by atoms with E-state index in [2.05, 4.69) is 15.3 Å².